The van der Waals surface area contributed by atoms with Crippen molar-refractivity contribution >= 4 is 33.2 Å². The van der Waals surface area contributed by atoms with Gasteiger partial charge in [-0.2, -0.15) is 0 Å². The molecule has 0 aliphatic rings. The number of likely N-dealkylation sites (N-methyl/N-ethyl adjacent to an activating group) is 1. The van der Waals surface area contributed by atoms with Crippen LogP contribution in [-0.2, 0) is 16.4 Å². The molecule has 0 radical (unpaired) electrons. The SMILES string of the molecule is CN(C)CCc1ccc(NC(=O)c2cc(S(=O)(=O)N(C)C)ccc2Cl)cc1. The molecular formula is C19H24ClN3O3S. The molecule has 1 amide bonds. The van der Waals surface area contributed by atoms with Gasteiger partial charge in [-0.3, -0.25) is 4.79 Å². The van der Waals surface area contributed by atoms with Crippen molar-refractivity contribution in [2.24, 2.45) is 0 Å². The number of sulfonamides is 1. The van der Waals surface area contributed by atoms with Crippen LogP contribution in [0, 0.1) is 0 Å². The van der Waals surface area contributed by atoms with E-state index >= 15 is 0 Å². The van der Waals surface area contributed by atoms with Crippen LogP contribution < -0.4 is 5.32 Å². The van der Waals surface area contributed by atoms with Gasteiger partial charge in [0.1, 0.15) is 0 Å². The largest absolute Gasteiger partial charge is 0.322 e. The number of amides is 1. The van der Waals surface area contributed by atoms with E-state index in [0.717, 1.165) is 17.3 Å². The maximum Gasteiger partial charge on any atom is 0.257 e. The number of nitrogens with zero attached hydrogens (tertiary/aromatic N) is 2. The van der Waals surface area contributed by atoms with Crippen molar-refractivity contribution < 1.29 is 13.2 Å². The van der Waals surface area contributed by atoms with Gasteiger partial charge in [-0.05, 0) is 56.4 Å². The van der Waals surface area contributed by atoms with Gasteiger partial charge in [0.05, 0.1) is 15.5 Å². The van der Waals surface area contributed by atoms with E-state index in [1.807, 2.05) is 38.4 Å². The molecule has 1 N–H and O–H groups in total. The maximum absolute atomic E-state index is 12.6. The van der Waals surface area contributed by atoms with E-state index in [1.54, 1.807) is 0 Å². The number of benzene rings is 2. The van der Waals surface area contributed by atoms with Crippen molar-refractivity contribution in [1.29, 1.82) is 0 Å². The number of hydrogen-bond donors (Lipinski definition) is 1. The van der Waals surface area contributed by atoms with Gasteiger partial charge < -0.3 is 10.2 Å². The Morgan fingerprint density at radius 3 is 2.22 bits per heavy atom. The smallest absolute Gasteiger partial charge is 0.257 e. The summed E-state index contributed by atoms with van der Waals surface area (Å²) in [6.45, 7) is 0.939. The Hall–Kier alpha value is -1.93. The molecule has 0 aliphatic heterocycles. The second kappa shape index (κ2) is 8.84. The monoisotopic (exact) mass is 409 g/mol. The number of halogens is 1. The fourth-order valence-corrected chi connectivity index (χ4v) is 3.49. The van der Waals surface area contributed by atoms with Crippen molar-refractivity contribution in [2.45, 2.75) is 11.3 Å². The van der Waals surface area contributed by atoms with Crippen LogP contribution in [0.5, 0.6) is 0 Å². The van der Waals surface area contributed by atoms with Gasteiger partial charge >= 0.3 is 0 Å². The van der Waals surface area contributed by atoms with E-state index in [1.165, 1.54) is 37.9 Å². The number of rotatable bonds is 7. The summed E-state index contributed by atoms with van der Waals surface area (Å²) in [4.78, 5) is 14.7. The Morgan fingerprint density at radius 2 is 1.67 bits per heavy atom. The van der Waals surface area contributed by atoms with Crippen LogP contribution in [0.15, 0.2) is 47.4 Å². The van der Waals surface area contributed by atoms with Crippen molar-refractivity contribution in [3.05, 3.63) is 58.6 Å². The van der Waals surface area contributed by atoms with Gasteiger partial charge in [-0.15, -0.1) is 0 Å². The summed E-state index contributed by atoms with van der Waals surface area (Å²) in [5.74, 6) is -0.461. The Morgan fingerprint density at radius 1 is 1.04 bits per heavy atom. The second-order valence-electron chi connectivity index (χ2n) is 6.63. The van der Waals surface area contributed by atoms with Crippen LogP contribution in [-0.4, -0.2) is 58.3 Å². The standard InChI is InChI=1S/C19H24ClN3O3S/c1-22(2)12-11-14-5-7-15(8-6-14)21-19(24)17-13-16(9-10-18(17)20)27(25,26)23(3)4/h5-10,13H,11-12H2,1-4H3,(H,21,24). The number of anilines is 1. The first kappa shape index (κ1) is 21.4. The molecule has 0 saturated carbocycles. The highest BCUT2D eigenvalue weighted by Crippen LogP contribution is 2.23. The highest BCUT2D eigenvalue weighted by molar-refractivity contribution is 7.89. The summed E-state index contributed by atoms with van der Waals surface area (Å²) in [5, 5.41) is 2.94. The first-order valence-corrected chi connectivity index (χ1v) is 10.2. The molecule has 0 spiro atoms. The molecule has 146 valence electrons. The minimum Gasteiger partial charge on any atom is -0.322 e. The molecule has 6 nitrogen and oxygen atoms in total. The van der Waals surface area contributed by atoms with Gasteiger partial charge in [0, 0.05) is 26.3 Å². The Bertz CT molecular complexity index is 910. The summed E-state index contributed by atoms with van der Waals surface area (Å²) in [7, 11) is 3.25. The van der Waals surface area contributed by atoms with E-state index in [9.17, 15) is 13.2 Å². The van der Waals surface area contributed by atoms with Crippen LogP contribution in [0.25, 0.3) is 0 Å². The summed E-state index contributed by atoms with van der Waals surface area (Å²) in [6, 6.07) is 11.6. The molecule has 0 bridgehead atoms. The van der Waals surface area contributed by atoms with E-state index in [0.29, 0.717) is 5.69 Å². The molecule has 0 unspecified atom stereocenters. The Labute approximate surface area is 165 Å². The summed E-state index contributed by atoms with van der Waals surface area (Å²) < 4.78 is 25.6. The summed E-state index contributed by atoms with van der Waals surface area (Å²) >= 11 is 6.11. The third-order valence-corrected chi connectivity index (χ3v) is 6.16. The second-order valence-corrected chi connectivity index (χ2v) is 9.19. The molecule has 0 aliphatic carbocycles. The van der Waals surface area contributed by atoms with Crippen LogP contribution >= 0.6 is 11.6 Å². The highest BCUT2D eigenvalue weighted by atomic mass is 35.5. The molecule has 0 fully saturated rings. The van der Waals surface area contributed by atoms with Gasteiger partial charge in [0.25, 0.3) is 5.91 Å². The minimum absolute atomic E-state index is 0.0149. The molecule has 0 atom stereocenters. The van der Waals surface area contributed by atoms with Crippen LogP contribution in [0.3, 0.4) is 0 Å². The molecule has 8 heteroatoms. The predicted octanol–water partition coefficient (Wildman–Crippen LogP) is 2.95. The molecule has 2 aromatic carbocycles. The number of nitrogens with one attached hydrogen (secondary N) is 1. The van der Waals surface area contributed by atoms with Crippen LogP contribution in [0.2, 0.25) is 5.02 Å². The fourth-order valence-electron chi connectivity index (χ4n) is 2.36. The van der Waals surface area contributed by atoms with E-state index in [-0.39, 0.29) is 15.5 Å². The van der Waals surface area contributed by atoms with Gasteiger partial charge in [0.15, 0.2) is 0 Å². The topological polar surface area (TPSA) is 69.7 Å². The normalized spacial score (nSPS) is 11.8. The predicted molar refractivity (Wildman–Crippen MR) is 109 cm³/mol. The average Bonchev–Trinajstić information content (AvgIpc) is 2.61. The molecule has 27 heavy (non-hydrogen) atoms. The first-order chi connectivity index (χ1) is 12.6. The van der Waals surface area contributed by atoms with Crippen molar-refractivity contribution in [3.8, 4) is 0 Å². The minimum atomic E-state index is -3.65. The van der Waals surface area contributed by atoms with E-state index in [2.05, 4.69) is 10.2 Å². The number of carbonyl (C=O) groups is 1. The lowest BCUT2D eigenvalue weighted by atomic mass is 10.1. The van der Waals surface area contributed by atoms with Crippen molar-refractivity contribution in [3.63, 3.8) is 0 Å². The number of carbonyl (C=O) groups excluding carboxylic acids is 1. The lowest BCUT2D eigenvalue weighted by molar-refractivity contribution is 0.102. The average molecular weight is 410 g/mol. The Kier molecular flexibility index (Phi) is 7.00. The van der Waals surface area contributed by atoms with Crippen LogP contribution in [0.1, 0.15) is 15.9 Å². The quantitative estimate of drug-likeness (QED) is 0.763. The third-order valence-electron chi connectivity index (χ3n) is 4.02. The zero-order chi connectivity index (χ0) is 20.2. The molecule has 2 aromatic rings. The molecule has 0 saturated heterocycles. The fraction of sp³-hybridized carbons (Fsp3) is 0.316. The maximum atomic E-state index is 12.6. The lowest BCUT2D eigenvalue weighted by Crippen LogP contribution is -2.23. The first-order valence-electron chi connectivity index (χ1n) is 8.38. The Balaban J connectivity index is 2.18. The summed E-state index contributed by atoms with van der Waals surface area (Å²) in [5.41, 5.74) is 1.89. The molecule has 0 heterocycles. The lowest BCUT2D eigenvalue weighted by Gasteiger charge is -2.13. The van der Waals surface area contributed by atoms with E-state index < -0.39 is 15.9 Å². The number of hydrogen-bond acceptors (Lipinski definition) is 4. The van der Waals surface area contributed by atoms with E-state index in [4.69, 9.17) is 11.6 Å². The zero-order valence-corrected chi connectivity index (χ0v) is 17.4. The molecule has 0 aromatic heterocycles. The molecular weight excluding hydrogens is 386 g/mol. The third kappa shape index (κ3) is 5.52. The molecule has 2 rings (SSSR count). The highest BCUT2D eigenvalue weighted by Gasteiger charge is 2.20. The van der Waals surface area contributed by atoms with Crippen molar-refractivity contribution in [2.75, 3.05) is 40.1 Å². The van der Waals surface area contributed by atoms with Crippen LogP contribution in [0.4, 0.5) is 5.69 Å². The zero-order valence-electron chi connectivity index (χ0n) is 15.9. The van der Waals surface area contributed by atoms with Crippen molar-refractivity contribution in [1.82, 2.24) is 9.21 Å². The van der Waals surface area contributed by atoms with Gasteiger partial charge in [0.2, 0.25) is 10.0 Å². The van der Waals surface area contributed by atoms with Gasteiger partial charge in [-0.1, -0.05) is 23.7 Å². The summed E-state index contributed by atoms with van der Waals surface area (Å²) in [6.07, 6.45) is 0.914. The van der Waals surface area contributed by atoms with Gasteiger partial charge in [-0.25, -0.2) is 12.7 Å².